The summed E-state index contributed by atoms with van der Waals surface area (Å²) in [5.74, 6) is -0.101. The van der Waals surface area contributed by atoms with E-state index in [1.165, 1.54) is 12.5 Å². The molecule has 0 radical (unpaired) electrons. The van der Waals surface area contributed by atoms with Crippen LogP contribution in [0.1, 0.15) is 12.5 Å². The van der Waals surface area contributed by atoms with Gasteiger partial charge in [-0.1, -0.05) is 30.3 Å². The summed E-state index contributed by atoms with van der Waals surface area (Å²) in [6.07, 6.45) is 0. The van der Waals surface area contributed by atoms with Crippen LogP contribution >= 0.6 is 0 Å². The first-order valence-corrected chi connectivity index (χ1v) is 7.82. The van der Waals surface area contributed by atoms with Crippen LogP contribution in [0.3, 0.4) is 0 Å². The molecule has 0 spiro atoms. The molecule has 126 valence electrons. The molecule has 0 aliphatic heterocycles. The quantitative estimate of drug-likeness (QED) is 0.888. The molecule has 24 heavy (non-hydrogen) atoms. The lowest BCUT2D eigenvalue weighted by molar-refractivity contribution is -0.117. The average molecular weight is 325 g/mol. The predicted molar refractivity (Wildman–Crippen MR) is 96.9 cm³/mol. The van der Waals surface area contributed by atoms with Crippen molar-refractivity contribution >= 4 is 23.2 Å². The number of anilines is 2. The molecule has 2 amide bonds. The molecule has 0 bridgehead atoms. The van der Waals surface area contributed by atoms with Crippen molar-refractivity contribution in [3.05, 3.63) is 60.2 Å². The van der Waals surface area contributed by atoms with Crippen LogP contribution in [0.5, 0.6) is 0 Å². The summed E-state index contributed by atoms with van der Waals surface area (Å²) >= 11 is 0. The normalized spacial score (nSPS) is 10.5. The van der Waals surface area contributed by atoms with E-state index in [0.717, 1.165) is 12.2 Å². The molecule has 1 N–H and O–H groups in total. The smallest absolute Gasteiger partial charge is 0.238 e. The molecule has 0 aliphatic rings. The van der Waals surface area contributed by atoms with Crippen LogP contribution in [0.25, 0.3) is 0 Å². The third kappa shape index (κ3) is 5.21. The lowest BCUT2D eigenvalue weighted by Crippen LogP contribution is -2.29. The highest BCUT2D eigenvalue weighted by Crippen LogP contribution is 2.17. The summed E-state index contributed by atoms with van der Waals surface area (Å²) in [5.41, 5.74) is 2.68. The third-order valence-electron chi connectivity index (χ3n) is 3.72. The number of carbonyl (C=O) groups excluding carboxylic acids is 2. The summed E-state index contributed by atoms with van der Waals surface area (Å²) in [6, 6.07) is 17.2. The third-order valence-corrected chi connectivity index (χ3v) is 3.72. The second-order valence-corrected chi connectivity index (χ2v) is 5.83. The number of hydrogen-bond donors (Lipinski definition) is 1. The summed E-state index contributed by atoms with van der Waals surface area (Å²) in [5, 5.41) is 2.87. The van der Waals surface area contributed by atoms with Crippen molar-refractivity contribution in [2.45, 2.75) is 13.5 Å². The molecular formula is C19H23N3O2. The van der Waals surface area contributed by atoms with Crippen LogP contribution in [0.4, 0.5) is 11.4 Å². The number of nitrogens with one attached hydrogen (secondary N) is 1. The van der Waals surface area contributed by atoms with Crippen LogP contribution in [-0.4, -0.2) is 37.4 Å². The van der Waals surface area contributed by atoms with Crippen molar-refractivity contribution in [1.29, 1.82) is 0 Å². The number of carbonyl (C=O) groups is 2. The van der Waals surface area contributed by atoms with Crippen LogP contribution in [0.2, 0.25) is 0 Å². The molecule has 0 saturated heterocycles. The molecule has 0 saturated carbocycles. The van der Waals surface area contributed by atoms with Gasteiger partial charge in [0.1, 0.15) is 0 Å². The van der Waals surface area contributed by atoms with E-state index >= 15 is 0 Å². The fourth-order valence-electron chi connectivity index (χ4n) is 2.35. The van der Waals surface area contributed by atoms with Crippen LogP contribution in [-0.2, 0) is 16.1 Å². The van der Waals surface area contributed by atoms with Gasteiger partial charge < -0.3 is 10.2 Å². The van der Waals surface area contributed by atoms with Gasteiger partial charge in [0, 0.05) is 31.9 Å². The molecule has 0 heterocycles. The Kier molecular flexibility index (Phi) is 6.09. The second-order valence-electron chi connectivity index (χ2n) is 5.83. The SMILES string of the molecule is CC(=O)N(C)c1ccc(NC(=O)CN(C)Cc2ccccc2)cc1. The zero-order valence-electron chi connectivity index (χ0n) is 14.3. The van der Waals surface area contributed by atoms with Crippen molar-refractivity contribution < 1.29 is 9.59 Å². The molecular weight excluding hydrogens is 302 g/mol. The molecule has 2 aromatic carbocycles. The first kappa shape index (κ1) is 17.7. The van der Waals surface area contributed by atoms with E-state index in [0.29, 0.717) is 12.2 Å². The van der Waals surface area contributed by atoms with Gasteiger partial charge in [0.05, 0.1) is 6.54 Å². The monoisotopic (exact) mass is 325 g/mol. The van der Waals surface area contributed by atoms with E-state index in [2.05, 4.69) is 5.32 Å². The van der Waals surface area contributed by atoms with Gasteiger partial charge in [-0.05, 0) is 36.9 Å². The van der Waals surface area contributed by atoms with Gasteiger partial charge in [-0.3, -0.25) is 14.5 Å². The number of likely N-dealkylation sites (N-methyl/N-ethyl adjacent to an activating group) is 1. The summed E-state index contributed by atoms with van der Waals surface area (Å²) < 4.78 is 0. The summed E-state index contributed by atoms with van der Waals surface area (Å²) in [7, 11) is 3.63. The molecule has 0 aliphatic carbocycles. The largest absolute Gasteiger partial charge is 0.325 e. The molecule has 2 aromatic rings. The Morgan fingerprint density at radius 3 is 2.17 bits per heavy atom. The highest BCUT2D eigenvalue weighted by molar-refractivity contribution is 5.93. The maximum atomic E-state index is 12.1. The maximum absolute atomic E-state index is 12.1. The van der Waals surface area contributed by atoms with Crippen molar-refractivity contribution in [2.75, 3.05) is 30.9 Å². The Labute approximate surface area is 142 Å². The zero-order chi connectivity index (χ0) is 17.5. The fraction of sp³-hybridized carbons (Fsp3) is 0.263. The van der Waals surface area contributed by atoms with Crippen molar-refractivity contribution in [3.63, 3.8) is 0 Å². The van der Waals surface area contributed by atoms with E-state index in [1.807, 2.05) is 54.4 Å². The Balaban J connectivity index is 1.86. The Hall–Kier alpha value is -2.66. The van der Waals surface area contributed by atoms with E-state index in [4.69, 9.17) is 0 Å². The molecule has 5 nitrogen and oxygen atoms in total. The number of rotatable bonds is 6. The zero-order valence-corrected chi connectivity index (χ0v) is 14.3. The number of hydrogen-bond acceptors (Lipinski definition) is 3. The van der Waals surface area contributed by atoms with E-state index in [-0.39, 0.29) is 11.8 Å². The fourth-order valence-corrected chi connectivity index (χ4v) is 2.35. The van der Waals surface area contributed by atoms with Gasteiger partial charge in [0.25, 0.3) is 0 Å². The minimum atomic E-state index is -0.0684. The molecule has 0 fully saturated rings. The van der Waals surface area contributed by atoms with Gasteiger partial charge in [-0.2, -0.15) is 0 Å². The molecule has 0 aromatic heterocycles. The van der Waals surface area contributed by atoms with Crippen LogP contribution in [0.15, 0.2) is 54.6 Å². The topological polar surface area (TPSA) is 52.7 Å². The molecule has 0 unspecified atom stereocenters. The number of nitrogens with zero attached hydrogens (tertiary/aromatic N) is 2. The minimum Gasteiger partial charge on any atom is -0.325 e. The highest BCUT2D eigenvalue weighted by Gasteiger charge is 2.09. The molecule has 0 atom stereocenters. The van der Waals surface area contributed by atoms with E-state index in [9.17, 15) is 9.59 Å². The Morgan fingerprint density at radius 1 is 0.958 bits per heavy atom. The predicted octanol–water partition coefficient (Wildman–Crippen LogP) is 2.74. The summed E-state index contributed by atoms with van der Waals surface area (Å²) in [6.45, 7) is 2.54. The Bertz CT molecular complexity index is 684. The van der Waals surface area contributed by atoms with Gasteiger partial charge in [-0.15, -0.1) is 0 Å². The van der Waals surface area contributed by atoms with Crippen LogP contribution < -0.4 is 10.2 Å². The van der Waals surface area contributed by atoms with E-state index in [1.54, 1.807) is 24.1 Å². The minimum absolute atomic E-state index is 0.0330. The van der Waals surface area contributed by atoms with Gasteiger partial charge in [0.2, 0.25) is 11.8 Å². The van der Waals surface area contributed by atoms with Gasteiger partial charge in [-0.25, -0.2) is 0 Å². The first-order chi connectivity index (χ1) is 11.5. The van der Waals surface area contributed by atoms with Crippen molar-refractivity contribution in [2.24, 2.45) is 0 Å². The van der Waals surface area contributed by atoms with Crippen molar-refractivity contribution in [3.8, 4) is 0 Å². The number of amides is 2. The van der Waals surface area contributed by atoms with E-state index < -0.39 is 0 Å². The standard InChI is InChI=1S/C19H23N3O2/c1-15(23)22(3)18-11-9-17(10-12-18)20-19(24)14-21(2)13-16-7-5-4-6-8-16/h4-12H,13-14H2,1-3H3,(H,20,24). The highest BCUT2D eigenvalue weighted by atomic mass is 16.2. The van der Waals surface area contributed by atoms with Crippen LogP contribution in [0, 0.1) is 0 Å². The Morgan fingerprint density at radius 2 is 1.58 bits per heavy atom. The number of benzene rings is 2. The van der Waals surface area contributed by atoms with Gasteiger partial charge >= 0.3 is 0 Å². The lowest BCUT2D eigenvalue weighted by atomic mass is 10.2. The van der Waals surface area contributed by atoms with Gasteiger partial charge in [0.15, 0.2) is 0 Å². The van der Waals surface area contributed by atoms with Crippen molar-refractivity contribution in [1.82, 2.24) is 4.90 Å². The summed E-state index contributed by atoms with van der Waals surface area (Å²) in [4.78, 5) is 27.0. The molecule has 5 heteroatoms. The second kappa shape index (κ2) is 8.26. The lowest BCUT2D eigenvalue weighted by Gasteiger charge is -2.17. The molecule has 2 rings (SSSR count). The first-order valence-electron chi connectivity index (χ1n) is 7.82. The average Bonchev–Trinajstić information content (AvgIpc) is 2.55. The maximum Gasteiger partial charge on any atom is 0.238 e.